The zero-order valence-corrected chi connectivity index (χ0v) is 16.9. The van der Waals surface area contributed by atoms with Gasteiger partial charge in [-0.15, -0.1) is 5.10 Å². The Bertz CT molecular complexity index is 953. The molecule has 0 fully saturated rings. The summed E-state index contributed by atoms with van der Waals surface area (Å²) in [5, 5.41) is 6.80. The number of rotatable bonds is 8. The maximum absolute atomic E-state index is 12.7. The lowest BCUT2D eigenvalue weighted by molar-refractivity contribution is -0.129. The Hall–Kier alpha value is -2.80. The van der Waals surface area contributed by atoms with Crippen molar-refractivity contribution in [2.75, 3.05) is 7.05 Å². The van der Waals surface area contributed by atoms with Crippen LogP contribution in [0.4, 0.5) is 0 Å². The average molecular weight is 397 g/mol. The number of amides is 1. The van der Waals surface area contributed by atoms with Crippen LogP contribution in [0.5, 0.6) is 0 Å². The summed E-state index contributed by atoms with van der Waals surface area (Å²) >= 11 is 1.30. The van der Waals surface area contributed by atoms with Gasteiger partial charge in [0.1, 0.15) is 0 Å². The fraction of sp³-hybridized carbons (Fsp3) is 0.286. The van der Waals surface area contributed by atoms with E-state index in [9.17, 15) is 9.59 Å². The van der Waals surface area contributed by atoms with Crippen LogP contribution in [0.25, 0.3) is 0 Å². The van der Waals surface area contributed by atoms with E-state index in [2.05, 4.69) is 10.2 Å². The highest BCUT2D eigenvalue weighted by molar-refractivity contribution is 8.00. The van der Waals surface area contributed by atoms with Gasteiger partial charge in [-0.3, -0.25) is 9.36 Å². The first-order valence-corrected chi connectivity index (χ1v) is 10.1. The number of nitrogens with one attached hydrogen (secondary N) is 1. The predicted molar refractivity (Wildman–Crippen MR) is 111 cm³/mol. The highest BCUT2D eigenvalue weighted by Crippen LogP contribution is 2.22. The van der Waals surface area contributed by atoms with Crippen LogP contribution in [0.1, 0.15) is 18.1 Å². The maximum atomic E-state index is 12.7. The molecule has 0 aliphatic rings. The first-order valence-electron chi connectivity index (χ1n) is 9.19. The molecule has 1 N–H and O–H groups in total. The van der Waals surface area contributed by atoms with E-state index in [-0.39, 0.29) is 16.8 Å². The van der Waals surface area contributed by atoms with Gasteiger partial charge in [-0.25, -0.2) is 9.89 Å². The molecule has 1 heterocycles. The minimum Gasteiger partial charge on any atom is -0.340 e. The van der Waals surface area contributed by atoms with E-state index in [4.69, 9.17) is 0 Å². The van der Waals surface area contributed by atoms with Gasteiger partial charge in [0.25, 0.3) is 0 Å². The number of carbonyl (C=O) groups excluding carboxylic acids is 1. The quantitative estimate of drug-likeness (QED) is 0.594. The number of thioether (sulfide) groups is 1. The van der Waals surface area contributed by atoms with E-state index in [1.165, 1.54) is 11.8 Å². The fourth-order valence-electron chi connectivity index (χ4n) is 2.93. The van der Waals surface area contributed by atoms with E-state index in [1.54, 1.807) is 16.5 Å². The molecule has 146 valence electrons. The van der Waals surface area contributed by atoms with Crippen LogP contribution in [0.15, 0.2) is 70.6 Å². The maximum Gasteiger partial charge on any atom is 0.343 e. The Labute approximate surface area is 168 Å². The van der Waals surface area contributed by atoms with Crippen LogP contribution in [0.3, 0.4) is 0 Å². The van der Waals surface area contributed by atoms with Crippen molar-refractivity contribution in [2.24, 2.45) is 0 Å². The molecular formula is C21H24N4O2S. The van der Waals surface area contributed by atoms with E-state index >= 15 is 0 Å². The van der Waals surface area contributed by atoms with Gasteiger partial charge in [-0.2, -0.15) is 0 Å². The Morgan fingerprint density at radius 1 is 1.11 bits per heavy atom. The predicted octanol–water partition coefficient (Wildman–Crippen LogP) is 2.95. The van der Waals surface area contributed by atoms with Crippen LogP contribution in [-0.2, 0) is 24.3 Å². The summed E-state index contributed by atoms with van der Waals surface area (Å²) in [5.74, 6) is -0.00101. The van der Waals surface area contributed by atoms with Crippen molar-refractivity contribution in [3.8, 4) is 0 Å². The van der Waals surface area contributed by atoms with Gasteiger partial charge in [0.05, 0.1) is 5.25 Å². The first kappa shape index (κ1) is 19.9. The largest absolute Gasteiger partial charge is 0.343 e. The molecule has 0 radical (unpaired) electrons. The molecule has 0 saturated carbocycles. The van der Waals surface area contributed by atoms with Gasteiger partial charge in [0, 0.05) is 20.1 Å². The van der Waals surface area contributed by atoms with Crippen molar-refractivity contribution in [3.63, 3.8) is 0 Å². The van der Waals surface area contributed by atoms with Gasteiger partial charge in [-0.05, 0) is 24.5 Å². The number of aryl methyl sites for hydroxylation is 1. The summed E-state index contributed by atoms with van der Waals surface area (Å²) in [4.78, 5) is 26.6. The van der Waals surface area contributed by atoms with Crippen LogP contribution in [0.2, 0.25) is 0 Å². The van der Waals surface area contributed by atoms with Gasteiger partial charge >= 0.3 is 5.69 Å². The number of carbonyl (C=O) groups is 1. The van der Waals surface area contributed by atoms with Crippen molar-refractivity contribution < 1.29 is 4.79 Å². The SMILES string of the molecule is C[C@H](Sc1n[nH]c(=O)n1CCc1ccccc1)C(=O)N(C)Cc1ccccc1. The number of aromatic nitrogens is 3. The van der Waals surface area contributed by atoms with Crippen LogP contribution in [-0.4, -0.2) is 37.9 Å². The lowest BCUT2D eigenvalue weighted by atomic mass is 10.1. The molecule has 28 heavy (non-hydrogen) atoms. The van der Waals surface area contributed by atoms with Crippen molar-refractivity contribution in [2.45, 2.75) is 36.8 Å². The number of hydrogen-bond acceptors (Lipinski definition) is 4. The molecule has 7 heteroatoms. The fourth-order valence-corrected chi connectivity index (χ4v) is 3.93. The summed E-state index contributed by atoms with van der Waals surface area (Å²) in [6, 6.07) is 19.9. The molecule has 2 aromatic carbocycles. The van der Waals surface area contributed by atoms with E-state index in [0.717, 1.165) is 17.5 Å². The molecule has 0 aliphatic carbocycles. The van der Waals surface area contributed by atoms with E-state index < -0.39 is 0 Å². The average Bonchev–Trinajstić information content (AvgIpc) is 3.06. The third-order valence-corrected chi connectivity index (χ3v) is 5.54. The Morgan fingerprint density at radius 2 is 1.71 bits per heavy atom. The van der Waals surface area contributed by atoms with Gasteiger partial charge in [0.15, 0.2) is 5.16 Å². The molecule has 1 amide bonds. The summed E-state index contributed by atoms with van der Waals surface area (Å²) in [6.07, 6.45) is 0.726. The number of hydrogen-bond donors (Lipinski definition) is 1. The molecule has 0 aliphatic heterocycles. The van der Waals surface area contributed by atoms with Gasteiger partial charge < -0.3 is 4.90 Å². The van der Waals surface area contributed by atoms with Crippen molar-refractivity contribution in [1.29, 1.82) is 0 Å². The van der Waals surface area contributed by atoms with Gasteiger partial charge in [-0.1, -0.05) is 72.4 Å². The smallest absolute Gasteiger partial charge is 0.340 e. The third kappa shape index (κ3) is 5.13. The van der Waals surface area contributed by atoms with Crippen molar-refractivity contribution >= 4 is 17.7 Å². The minimum absolute atomic E-state index is 0.00101. The minimum atomic E-state index is -0.348. The highest BCUT2D eigenvalue weighted by atomic mass is 32.2. The molecule has 3 aromatic rings. The topological polar surface area (TPSA) is 71.0 Å². The standard InChI is InChI=1S/C21H24N4O2S/c1-16(19(26)24(2)15-18-11-7-4-8-12-18)28-21-23-22-20(27)25(21)14-13-17-9-5-3-6-10-17/h3-12,16H,13-15H2,1-2H3,(H,22,27)/t16-/m0/s1. The molecule has 6 nitrogen and oxygen atoms in total. The number of aromatic amines is 1. The molecule has 0 bridgehead atoms. The summed E-state index contributed by atoms with van der Waals surface area (Å²) in [5.41, 5.74) is 1.98. The van der Waals surface area contributed by atoms with E-state index in [1.807, 2.05) is 67.6 Å². The lowest BCUT2D eigenvalue weighted by Crippen LogP contribution is -2.33. The zero-order chi connectivity index (χ0) is 19.9. The monoisotopic (exact) mass is 396 g/mol. The Morgan fingerprint density at radius 3 is 2.36 bits per heavy atom. The molecule has 1 atom stereocenters. The zero-order valence-electron chi connectivity index (χ0n) is 16.0. The summed E-state index contributed by atoms with van der Waals surface area (Å²) < 4.78 is 1.60. The molecule has 3 rings (SSSR count). The van der Waals surface area contributed by atoms with E-state index in [0.29, 0.717) is 18.2 Å². The number of benzene rings is 2. The highest BCUT2D eigenvalue weighted by Gasteiger charge is 2.22. The normalized spacial score (nSPS) is 11.9. The summed E-state index contributed by atoms with van der Waals surface area (Å²) in [6.45, 7) is 2.91. The van der Waals surface area contributed by atoms with Crippen LogP contribution < -0.4 is 5.69 Å². The molecule has 0 saturated heterocycles. The Kier molecular flexibility index (Phi) is 6.71. The number of H-pyrrole nitrogens is 1. The molecule has 0 unspecified atom stereocenters. The second kappa shape index (κ2) is 9.41. The summed E-state index contributed by atoms with van der Waals surface area (Å²) in [7, 11) is 1.79. The second-order valence-electron chi connectivity index (χ2n) is 6.64. The lowest BCUT2D eigenvalue weighted by Gasteiger charge is -2.21. The van der Waals surface area contributed by atoms with Gasteiger partial charge in [0.2, 0.25) is 5.91 Å². The molecular weight excluding hydrogens is 372 g/mol. The first-order chi connectivity index (χ1) is 13.5. The van der Waals surface area contributed by atoms with Crippen LogP contribution in [0, 0.1) is 0 Å². The third-order valence-electron chi connectivity index (χ3n) is 4.46. The molecule has 1 aromatic heterocycles. The van der Waals surface area contributed by atoms with Crippen LogP contribution >= 0.6 is 11.8 Å². The molecule has 0 spiro atoms. The Balaban J connectivity index is 1.62. The number of nitrogens with zero attached hydrogens (tertiary/aromatic N) is 3. The van der Waals surface area contributed by atoms with Crippen molar-refractivity contribution in [1.82, 2.24) is 19.7 Å². The second-order valence-corrected chi connectivity index (χ2v) is 7.95. The van der Waals surface area contributed by atoms with Crippen molar-refractivity contribution in [3.05, 3.63) is 82.3 Å².